The minimum atomic E-state index is -0.507. The van der Waals surface area contributed by atoms with Gasteiger partial charge in [-0.1, -0.05) is 0 Å². The van der Waals surface area contributed by atoms with Crippen LogP contribution < -0.4 is 5.32 Å². The molecule has 0 aliphatic heterocycles. The molecular weight excluding hydrogens is 168 g/mol. The van der Waals surface area contributed by atoms with Crippen molar-refractivity contribution in [1.29, 1.82) is 5.26 Å². The van der Waals surface area contributed by atoms with Crippen molar-refractivity contribution in [3.63, 3.8) is 0 Å². The Kier molecular flexibility index (Phi) is 2.92. The SMILES string of the molecule is C[C@H](C#N)NC(=O)c1cncnc1. The van der Waals surface area contributed by atoms with Gasteiger partial charge in [-0.15, -0.1) is 0 Å². The van der Waals surface area contributed by atoms with Gasteiger partial charge in [-0.25, -0.2) is 9.97 Å². The highest BCUT2D eigenvalue weighted by Crippen LogP contribution is 1.93. The highest BCUT2D eigenvalue weighted by atomic mass is 16.1. The number of rotatable bonds is 2. The molecule has 1 heterocycles. The summed E-state index contributed by atoms with van der Waals surface area (Å²) in [4.78, 5) is 18.6. The van der Waals surface area contributed by atoms with Gasteiger partial charge in [0, 0.05) is 12.4 Å². The topological polar surface area (TPSA) is 78.7 Å². The Labute approximate surface area is 75.4 Å². The van der Waals surface area contributed by atoms with E-state index in [2.05, 4.69) is 15.3 Å². The molecule has 13 heavy (non-hydrogen) atoms. The second-order valence-electron chi connectivity index (χ2n) is 2.45. The van der Waals surface area contributed by atoms with E-state index in [9.17, 15) is 4.79 Å². The zero-order chi connectivity index (χ0) is 9.68. The summed E-state index contributed by atoms with van der Waals surface area (Å²) in [5.74, 6) is -0.338. The summed E-state index contributed by atoms with van der Waals surface area (Å²) >= 11 is 0. The summed E-state index contributed by atoms with van der Waals surface area (Å²) in [5, 5.41) is 10.9. The fourth-order valence-corrected chi connectivity index (χ4v) is 0.729. The van der Waals surface area contributed by atoms with Crippen LogP contribution in [0.2, 0.25) is 0 Å². The Bertz CT molecular complexity index is 330. The lowest BCUT2D eigenvalue weighted by atomic mass is 10.3. The van der Waals surface area contributed by atoms with E-state index in [-0.39, 0.29) is 5.91 Å². The first-order valence-electron chi connectivity index (χ1n) is 3.69. The highest BCUT2D eigenvalue weighted by molar-refractivity contribution is 5.93. The van der Waals surface area contributed by atoms with Crippen LogP contribution in [-0.4, -0.2) is 21.9 Å². The fraction of sp³-hybridized carbons (Fsp3) is 0.250. The van der Waals surface area contributed by atoms with Gasteiger partial charge < -0.3 is 5.32 Å². The number of nitrogens with zero attached hydrogens (tertiary/aromatic N) is 3. The number of aromatic nitrogens is 2. The van der Waals surface area contributed by atoms with E-state index in [0.717, 1.165) is 0 Å². The van der Waals surface area contributed by atoms with E-state index >= 15 is 0 Å². The molecule has 1 amide bonds. The number of nitriles is 1. The van der Waals surface area contributed by atoms with Crippen molar-refractivity contribution in [1.82, 2.24) is 15.3 Å². The summed E-state index contributed by atoms with van der Waals surface area (Å²) in [6, 6.07) is 1.39. The molecule has 0 aliphatic carbocycles. The molecule has 5 heteroatoms. The third-order valence-corrected chi connectivity index (χ3v) is 1.36. The quantitative estimate of drug-likeness (QED) is 0.694. The van der Waals surface area contributed by atoms with Gasteiger partial charge in [0.2, 0.25) is 0 Å². The molecule has 0 spiro atoms. The van der Waals surface area contributed by atoms with E-state index in [1.165, 1.54) is 18.7 Å². The van der Waals surface area contributed by atoms with Crippen LogP contribution >= 0.6 is 0 Å². The van der Waals surface area contributed by atoms with Crippen LogP contribution in [0.3, 0.4) is 0 Å². The molecule has 0 saturated carbocycles. The minimum absolute atomic E-state index is 0.338. The molecule has 0 aliphatic rings. The number of carbonyl (C=O) groups excluding carboxylic acids is 1. The Balaban J connectivity index is 2.66. The van der Waals surface area contributed by atoms with Crippen molar-refractivity contribution in [2.75, 3.05) is 0 Å². The first-order chi connectivity index (χ1) is 6.24. The third-order valence-electron chi connectivity index (χ3n) is 1.36. The molecule has 1 aromatic rings. The molecule has 0 fully saturated rings. The first-order valence-corrected chi connectivity index (χ1v) is 3.69. The van der Waals surface area contributed by atoms with E-state index in [0.29, 0.717) is 5.56 Å². The molecule has 1 atom stereocenters. The molecular formula is C8H8N4O. The zero-order valence-corrected chi connectivity index (χ0v) is 7.06. The third kappa shape index (κ3) is 2.52. The normalized spacial score (nSPS) is 11.4. The van der Waals surface area contributed by atoms with Crippen LogP contribution in [0.15, 0.2) is 18.7 Å². The van der Waals surface area contributed by atoms with Gasteiger partial charge in [0.15, 0.2) is 0 Å². The number of nitrogens with one attached hydrogen (secondary N) is 1. The average molecular weight is 176 g/mol. The summed E-state index contributed by atoms with van der Waals surface area (Å²) < 4.78 is 0. The van der Waals surface area contributed by atoms with Gasteiger partial charge in [-0.3, -0.25) is 4.79 Å². The predicted molar refractivity (Wildman–Crippen MR) is 44.6 cm³/mol. The number of amides is 1. The molecule has 0 aromatic carbocycles. The van der Waals surface area contributed by atoms with Crippen LogP contribution in [0, 0.1) is 11.3 Å². The number of hydrogen-bond donors (Lipinski definition) is 1. The lowest BCUT2D eigenvalue weighted by Crippen LogP contribution is -2.31. The molecule has 5 nitrogen and oxygen atoms in total. The van der Waals surface area contributed by atoms with Crippen molar-refractivity contribution < 1.29 is 4.79 Å². The van der Waals surface area contributed by atoms with Crippen molar-refractivity contribution >= 4 is 5.91 Å². The number of carbonyl (C=O) groups is 1. The molecule has 0 unspecified atom stereocenters. The largest absolute Gasteiger partial charge is 0.336 e. The van der Waals surface area contributed by atoms with Crippen molar-refractivity contribution in [3.8, 4) is 6.07 Å². The van der Waals surface area contributed by atoms with Crippen LogP contribution in [0.4, 0.5) is 0 Å². The van der Waals surface area contributed by atoms with Gasteiger partial charge in [0.1, 0.15) is 12.4 Å². The summed E-state index contributed by atoms with van der Waals surface area (Å²) in [6.07, 6.45) is 4.13. The summed E-state index contributed by atoms with van der Waals surface area (Å²) in [6.45, 7) is 1.60. The summed E-state index contributed by atoms with van der Waals surface area (Å²) in [7, 11) is 0. The summed E-state index contributed by atoms with van der Waals surface area (Å²) in [5.41, 5.74) is 0.351. The molecule has 1 aromatic heterocycles. The Hall–Kier alpha value is -1.96. The lowest BCUT2D eigenvalue weighted by Gasteiger charge is -2.04. The first kappa shape index (κ1) is 9.13. The Morgan fingerprint density at radius 3 is 2.77 bits per heavy atom. The smallest absolute Gasteiger partial charge is 0.255 e. The maximum absolute atomic E-state index is 11.3. The maximum atomic E-state index is 11.3. The molecule has 0 saturated heterocycles. The Morgan fingerprint density at radius 1 is 1.62 bits per heavy atom. The van der Waals surface area contributed by atoms with Gasteiger partial charge >= 0.3 is 0 Å². The van der Waals surface area contributed by atoms with Crippen LogP contribution in [0.1, 0.15) is 17.3 Å². The predicted octanol–water partition coefficient (Wildman–Crippen LogP) is 0.118. The minimum Gasteiger partial charge on any atom is -0.336 e. The number of hydrogen-bond acceptors (Lipinski definition) is 4. The van der Waals surface area contributed by atoms with Crippen molar-refractivity contribution in [2.24, 2.45) is 0 Å². The molecule has 1 N–H and O–H groups in total. The molecule has 0 radical (unpaired) electrons. The van der Waals surface area contributed by atoms with E-state index in [1.54, 1.807) is 6.92 Å². The standard InChI is InChI=1S/C8H8N4O/c1-6(2-9)12-8(13)7-3-10-5-11-4-7/h3-6H,1H3,(H,12,13)/t6-/m1/s1. The second-order valence-corrected chi connectivity index (χ2v) is 2.45. The van der Waals surface area contributed by atoms with Crippen LogP contribution in [-0.2, 0) is 0 Å². The van der Waals surface area contributed by atoms with Gasteiger partial charge in [0.05, 0.1) is 11.6 Å². The molecule has 0 bridgehead atoms. The fourth-order valence-electron chi connectivity index (χ4n) is 0.729. The van der Waals surface area contributed by atoms with Crippen LogP contribution in [0.25, 0.3) is 0 Å². The maximum Gasteiger partial charge on any atom is 0.255 e. The highest BCUT2D eigenvalue weighted by Gasteiger charge is 2.08. The monoisotopic (exact) mass is 176 g/mol. The van der Waals surface area contributed by atoms with Crippen molar-refractivity contribution in [3.05, 3.63) is 24.3 Å². The zero-order valence-electron chi connectivity index (χ0n) is 7.06. The molecule has 1 rings (SSSR count). The molecule has 66 valence electrons. The van der Waals surface area contributed by atoms with Gasteiger partial charge in [-0.05, 0) is 6.92 Å². The van der Waals surface area contributed by atoms with E-state index in [4.69, 9.17) is 5.26 Å². The van der Waals surface area contributed by atoms with Crippen LogP contribution in [0.5, 0.6) is 0 Å². The average Bonchev–Trinajstić information content (AvgIpc) is 2.19. The van der Waals surface area contributed by atoms with Gasteiger partial charge in [-0.2, -0.15) is 5.26 Å². The second kappa shape index (κ2) is 4.16. The van der Waals surface area contributed by atoms with E-state index < -0.39 is 6.04 Å². The van der Waals surface area contributed by atoms with Gasteiger partial charge in [0.25, 0.3) is 5.91 Å². The Morgan fingerprint density at radius 2 is 2.23 bits per heavy atom. The lowest BCUT2D eigenvalue weighted by molar-refractivity contribution is 0.0947. The van der Waals surface area contributed by atoms with Crippen molar-refractivity contribution in [2.45, 2.75) is 13.0 Å². The van der Waals surface area contributed by atoms with E-state index in [1.807, 2.05) is 6.07 Å².